The highest BCUT2D eigenvalue weighted by Crippen LogP contribution is 2.18. The molecule has 1 aliphatic rings. The van der Waals surface area contributed by atoms with Crippen molar-refractivity contribution in [1.82, 2.24) is 24.5 Å². The van der Waals surface area contributed by atoms with Crippen LogP contribution < -0.4 is 10.6 Å². The second-order valence-electron chi connectivity index (χ2n) is 5.00. The normalized spacial score (nSPS) is 15.4. The monoisotopic (exact) mass is 297 g/mol. The minimum Gasteiger partial charge on any atom is -0.378 e. The molecule has 8 nitrogen and oxygen atoms in total. The van der Waals surface area contributed by atoms with Gasteiger partial charge in [-0.25, -0.2) is 4.98 Å². The Bertz CT molecular complexity index is 810. The molecule has 0 amide bonds. The maximum Gasteiger partial charge on any atom is 0.242 e. The van der Waals surface area contributed by atoms with Crippen LogP contribution in [0.25, 0.3) is 17.0 Å². The summed E-state index contributed by atoms with van der Waals surface area (Å²) < 4.78 is 7.17. The summed E-state index contributed by atoms with van der Waals surface area (Å²) in [7, 11) is 0. The number of benzene rings is 1. The van der Waals surface area contributed by atoms with Crippen molar-refractivity contribution in [3.8, 4) is 5.95 Å². The van der Waals surface area contributed by atoms with Crippen molar-refractivity contribution in [2.75, 3.05) is 36.9 Å². The summed E-state index contributed by atoms with van der Waals surface area (Å²) in [4.78, 5) is 19.4. The average molecular weight is 297 g/mol. The molecule has 0 unspecified atom stereocenters. The SMILES string of the molecule is Nc1nc(N2CCOCC2)nc(-n2cnc3ccccc32)n1. The van der Waals surface area contributed by atoms with Gasteiger partial charge in [0.1, 0.15) is 6.33 Å². The highest BCUT2D eigenvalue weighted by molar-refractivity contribution is 5.76. The predicted octanol–water partition coefficient (Wildman–Crippen LogP) is 0.629. The van der Waals surface area contributed by atoms with Gasteiger partial charge in [-0.15, -0.1) is 0 Å². The van der Waals surface area contributed by atoms with Crippen LogP contribution in [0.4, 0.5) is 11.9 Å². The molecule has 22 heavy (non-hydrogen) atoms. The lowest BCUT2D eigenvalue weighted by Gasteiger charge is -2.26. The van der Waals surface area contributed by atoms with Gasteiger partial charge in [-0.3, -0.25) is 4.57 Å². The Labute approximate surface area is 126 Å². The molecule has 3 heterocycles. The van der Waals surface area contributed by atoms with Crippen LogP contribution in [0.2, 0.25) is 0 Å². The third kappa shape index (κ3) is 2.23. The maximum atomic E-state index is 5.86. The van der Waals surface area contributed by atoms with Crippen molar-refractivity contribution < 1.29 is 4.74 Å². The van der Waals surface area contributed by atoms with Gasteiger partial charge in [-0.05, 0) is 12.1 Å². The number of morpholine rings is 1. The lowest BCUT2D eigenvalue weighted by molar-refractivity contribution is 0.122. The number of nitrogen functional groups attached to an aromatic ring is 1. The molecule has 3 aromatic rings. The van der Waals surface area contributed by atoms with Crippen molar-refractivity contribution in [3.63, 3.8) is 0 Å². The molecule has 0 spiro atoms. The summed E-state index contributed by atoms with van der Waals surface area (Å²) in [5, 5.41) is 0. The lowest BCUT2D eigenvalue weighted by Crippen LogP contribution is -2.37. The number of nitrogens with two attached hydrogens (primary N) is 1. The molecule has 1 aromatic carbocycles. The van der Waals surface area contributed by atoms with Crippen molar-refractivity contribution in [3.05, 3.63) is 30.6 Å². The minimum atomic E-state index is 0.198. The van der Waals surface area contributed by atoms with E-state index in [1.54, 1.807) is 6.33 Å². The summed E-state index contributed by atoms with van der Waals surface area (Å²) in [6.45, 7) is 2.81. The Morgan fingerprint density at radius 3 is 2.64 bits per heavy atom. The Hall–Kier alpha value is -2.74. The van der Waals surface area contributed by atoms with Crippen LogP contribution >= 0.6 is 0 Å². The van der Waals surface area contributed by atoms with Crippen molar-refractivity contribution >= 4 is 22.9 Å². The molecule has 1 saturated heterocycles. The summed E-state index contributed by atoms with van der Waals surface area (Å²) in [6, 6.07) is 7.81. The van der Waals surface area contributed by atoms with E-state index in [9.17, 15) is 0 Å². The molecule has 0 atom stereocenters. The van der Waals surface area contributed by atoms with Crippen LogP contribution in [0.5, 0.6) is 0 Å². The lowest BCUT2D eigenvalue weighted by atomic mass is 10.3. The molecule has 8 heteroatoms. The van der Waals surface area contributed by atoms with Gasteiger partial charge < -0.3 is 15.4 Å². The van der Waals surface area contributed by atoms with Gasteiger partial charge in [-0.2, -0.15) is 15.0 Å². The molecule has 0 bridgehead atoms. The maximum absolute atomic E-state index is 5.86. The quantitative estimate of drug-likeness (QED) is 0.741. The van der Waals surface area contributed by atoms with E-state index in [4.69, 9.17) is 10.5 Å². The molecular weight excluding hydrogens is 282 g/mol. The number of para-hydroxylation sites is 2. The number of hydrogen-bond donors (Lipinski definition) is 1. The molecule has 0 radical (unpaired) electrons. The number of fused-ring (bicyclic) bond motifs is 1. The molecule has 4 rings (SSSR count). The molecule has 2 aromatic heterocycles. The highest BCUT2D eigenvalue weighted by Gasteiger charge is 2.17. The van der Waals surface area contributed by atoms with E-state index in [1.165, 1.54) is 0 Å². The molecule has 2 N–H and O–H groups in total. The van der Waals surface area contributed by atoms with Gasteiger partial charge in [0.15, 0.2) is 0 Å². The zero-order chi connectivity index (χ0) is 14.9. The zero-order valence-electron chi connectivity index (χ0n) is 11.9. The number of ether oxygens (including phenoxy) is 1. The topological polar surface area (TPSA) is 95.0 Å². The van der Waals surface area contributed by atoms with Crippen molar-refractivity contribution in [1.29, 1.82) is 0 Å². The number of nitrogens with zero attached hydrogens (tertiary/aromatic N) is 6. The second-order valence-corrected chi connectivity index (χ2v) is 5.00. The predicted molar refractivity (Wildman–Crippen MR) is 81.9 cm³/mol. The van der Waals surface area contributed by atoms with E-state index in [-0.39, 0.29) is 5.95 Å². The Balaban J connectivity index is 1.80. The minimum absolute atomic E-state index is 0.198. The van der Waals surface area contributed by atoms with E-state index < -0.39 is 0 Å². The van der Waals surface area contributed by atoms with Gasteiger partial charge in [0, 0.05) is 13.1 Å². The first-order valence-corrected chi connectivity index (χ1v) is 7.08. The fraction of sp³-hybridized carbons (Fsp3) is 0.286. The van der Waals surface area contributed by atoms with E-state index in [2.05, 4.69) is 19.9 Å². The van der Waals surface area contributed by atoms with E-state index >= 15 is 0 Å². The second kappa shape index (κ2) is 5.23. The third-order valence-electron chi connectivity index (χ3n) is 3.59. The first kappa shape index (κ1) is 13.0. The Morgan fingerprint density at radius 1 is 1.00 bits per heavy atom. The van der Waals surface area contributed by atoms with Crippen molar-refractivity contribution in [2.24, 2.45) is 0 Å². The first-order valence-electron chi connectivity index (χ1n) is 7.08. The number of hydrogen-bond acceptors (Lipinski definition) is 7. The first-order chi connectivity index (χ1) is 10.8. The molecule has 0 aliphatic carbocycles. The smallest absolute Gasteiger partial charge is 0.242 e. The van der Waals surface area contributed by atoms with Crippen LogP contribution in [0.1, 0.15) is 0 Å². The zero-order valence-corrected chi connectivity index (χ0v) is 11.9. The standard InChI is InChI=1S/C14H15N7O/c15-12-17-13(20-5-7-22-8-6-20)19-14(18-12)21-9-16-10-3-1-2-4-11(10)21/h1-4,9H,5-8H2,(H2,15,17,18,19). The van der Waals surface area contributed by atoms with Gasteiger partial charge in [0.25, 0.3) is 0 Å². The fourth-order valence-electron chi connectivity index (χ4n) is 2.50. The van der Waals surface area contributed by atoms with Gasteiger partial charge >= 0.3 is 0 Å². The number of anilines is 2. The highest BCUT2D eigenvalue weighted by atomic mass is 16.5. The molecule has 0 saturated carbocycles. The summed E-state index contributed by atoms with van der Waals surface area (Å²) in [6.07, 6.45) is 1.70. The largest absolute Gasteiger partial charge is 0.378 e. The van der Waals surface area contributed by atoms with Gasteiger partial charge in [0.2, 0.25) is 17.8 Å². The van der Waals surface area contributed by atoms with Gasteiger partial charge in [0.05, 0.1) is 24.2 Å². The van der Waals surface area contributed by atoms with Crippen LogP contribution in [-0.2, 0) is 4.74 Å². The summed E-state index contributed by atoms with van der Waals surface area (Å²) >= 11 is 0. The number of rotatable bonds is 2. The fourth-order valence-corrected chi connectivity index (χ4v) is 2.50. The van der Waals surface area contributed by atoms with Crippen LogP contribution in [0, 0.1) is 0 Å². The number of aromatic nitrogens is 5. The number of imidazole rings is 1. The van der Waals surface area contributed by atoms with Gasteiger partial charge in [-0.1, -0.05) is 12.1 Å². The summed E-state index contributed by atoms with van der Waals surface area (Å²) in [5.41, 5.74) is 7.68. The molecule has 112 valence electrons. The van der Waals surface area contributed by atoms with E-state index in [0.29, 0.717) is 25.1 Å². The molecule has 1 aliphatic heterocycles. The van der Waals surface area contributed by atoms with Crippen LogP contribution in [0.3, 0.4) is 0 Å². The summed E-state index contributed by atoms with van der Waals surface area (Å²) in [5.74, 6) is 1.25. The average Bonchev–Trinajstić information content (AvgIpc) is 2.99. The Morgan fingerprint density at radius 2 is 1.77 bits per heavy atom. The van der Waals surface area contributed by atoms with E-state index in [1.807, 2.05) is 33.7 Å². The Kier molecular flexibility index (Phi) is 3.08. The third-order valence-corrected chi connectivity index (χ3v) is 3.59. The van der Waals surface area contributed by atoms with Crippen LogP contribution in [0.15, 0.2) is 30.6 Å². The van der Waals surface area contributed by atoms with E-state index in [0.717, 1.165) is 24.1 Å². The molecule has 1 fully saturated rings. The van der Waals surface area contributed by atoms with Crippen molar-refractivity contribution in [2.45, 2.75) is 0 Å². The molecular formula is C14H15N7O. The van der Waals surface area contributed by atoms with Crippen LogP contribution in [-0.4, -0.2) is 50.8 Å².